The first-order valence-corrected chi connectivity index (χ1v) is 8.48. The zero-order valence-corrected chi connectivity index (χ0v) is 14.2. The maximum absolute atomic E-state index is 12.7. The highest BCUT2D eigenvalue weighted by Gasteiger charge is 2.30. The Morgan fingerprint density at radius 1 is 1.17 bits per heavy atom. The molecular formula is C18H18F3NOS. The standard InChI is InChI=1S/C18H18F3NOS/c1-3-13-7-4-6-12(2)17(13)22-16(23)11-24-15-9-5-8-14(10-15)18(19,20)21/h4-10H,3,11H2,1-2H3,(H,22,23). The van der Waals surface area contributed by atoms with Gasteiger partial charge in [-0.25, -0.2) is 0 Å². The number of halogens is 3. The molecule has 0 saturated heterocycles. The van der Waals surface area contributed by atoms with Gasteiger partial charge >= 0.3 is 6.18 Å². The molecule has 0 saturated carbocycles. The van der Waals surface area contributed by atoms with Crippen LogP contribution in [0.1, 0.15) is 23.6 Å². The van der Waals surface area contributed by atoms with Crippen LogP contribution in [0, 0.1) is 6.92 Å². The van der Waals surface area contributed by atoms with Gasteiger partial charge in [0.15, 0.2) is 0 Å². The highest BCUT2D eigenvalue weighted by molar-refractivity contribution is 8.00. The van der Waals surface area contributed by atoms with Crippen molar-refractivity contribution in [3.05, 3.63) is 59.2 Å². The summed E-state index contributed by atoms with van der Waals surface area (Å²) in [4.78, 5) is 12.6. The number of aryl methyl sites for hydroxylation is 2. The fraction of sp³-hybridized carbons (Fsp3) is 0.278. The Labute approximate surface area is 143 Å². The molecule has 2 aromatic carbocycles. The molecule has 0 aliphatic carbocycles. The summed E-state index contributed by atoms with van der Waals surface area (Å²) in [6.07, 6.45) is -3.59. The van der Waals surface area contributed by atoms with E-state index in [1.807, 2.05) is 32.0 Å². The lowest BCUT2D eigenvalue weighted by Gasteiger charge is -2.13. The number of hydrogen-bond acceptors (Lipinski definition) is 2. The first-order valence-electron chi connectivity index (χ1n) is 7.49. The van der Waals surface area contributed by atoms with Crippen LogP contribution in [0.5, 0.6) is 0 Å². The zero-order valence-electron chi connectivity index (χ0n) is 13.4. The van der Waals surface area contributed by atoms with Gasteiger partial charge in [-0.3, -0.25) is 4.79 Å². The Morgan fingerprint density at radius 2 is 1.88 bits per heavy atom. The molecule has 128 valence electrons. The Balaban J connectivity index is 2.02. The van der Waals surface area contributed by atoms with Crippen molar-refractivity contribution in [1.82, 2.24) is 0 Å². The van der Waals surface area contributed by atoms with E-state index in [0.29, 0.717) is 4.90 Å². The van der Waals surface area contributed by atoms with Crippen LogP contribution in [0.2, 0.25) is 0 Å². The van der Waals surface area contributed by atoms with Gasteiger partial charge in [0.25, 0.3) is 0 Å². The van der Waals surface area contributed by atoms with E-state index in [9.17, 15) is 18.0 Å². The fourth-order valence-electron chi connectivity index (χ4n) is 2.29. The second-order valence-electron chi connectivity index (χ2n) is 5.33. The Bertz CT molecular complexity index is 728. The van der Waals surface area contributed by atoms with Gasteiger partial charge in [0.05, 0.1) is 11.3 Å². The zero-order chi connectivity index (χ0) is 17.7. The van der Waals surface area contributed by atoms with E-state index in [-0.39, 0.29) is 11.7 Å². The van der Waals surface area contributed by atoms with Crippen molar-refractivity contribution in [3.8, 4) is 0 Å². The number of para-hydroxylation sites is 1. The highest BCUT2D eigenvalue weighted by Crippen LogP contribution is 2.32. The molecule has 0 heterocycles. The van der Waals surface area contributed by atoms with Crippen molar-refractivity contribution in [2.24, 2.45) is 0 Å². The van der Waals surface area contributed by atoms with Gasteiger partial charge in [-0.1, -0.05) is 31.2 Å². The smallest absolute Gasteiger partial charge is 0.325 e. The van der Waals surface area contributed by atoms with E-state index < -0.39 is 11.7 Å². The Kier molecular flexibility index (Phi) is 5.94. The molecule has 0 radical (unpaired) electrons. The molecule has 0 aromatic heterocycles. The van der Waals surface area contributed by atoms with Gasteiger partial charge in [-0.05, 0) is 42.7 Å². The lowest BCUT2D eigenvalue weighted by atomic mass is 10.1. The van der Waals surface area contributed by atoms with Crippen molar-refractivity contribution in [3.63, 3.8) is 0 Å². The number of anilines is 1. The van der Waals surface area contributed by atoms with Gasteiger partial charge in [-0.15, -0.1) is 11.8 Å². The quantitative estimate of drug-likeness (QED) is 0.738. The number of nitrogens with one attached hydrogen (secondary N) is 1. The summed E-state index contributed by atoms with van der Waals surface area (Å²) in [5.74, 6) is -0.180. The second kappa shape index (κ2) is 7.75. The molecule has 2 aromatic rings. The Morgan fingerprint density at radius 3 is 2.54 bits per heavy atom. The predicted molar refractivity (Wildman–Crippen MR) is 91.4 cm³/mol. The van der Waals surface area contributed by atoms with E-state index in [1.54, 1.807) is 6.07 Å². The van der Waals surface area contributed by atoms with Gasteiger partial charge < -0.3 is 5.32 Å². The summed E-state index contributed by atoms with van der Waals surface area (Å²) in [6, 6.07) is 10.8. The van der Waals surface area contributed by atoms with E-state index in [2.05, 4.69) is 5.32 Å². The fourth-order valence-corrected chi connectivity index (χ4v) is 3.04. The van der Waals surface area contributed by atoms with E-state index in [1.165, 1.54) is 6.07 Å². The van der Waals surface area contributed by atoms with Gasteiger partial charge in [0.1, 0.15) is 0 Å². The topological polar surface area (TPSA) is 29.1 Å². The van der Waals surface area contributed by atoms with Crippen molar-refractivity contribution in [2.45, 2.75) is 31.3 Å². The molecule has 6 heteroatoms. The average Bonchev–Trinajstić information content (AvgIpc) is 2.54. The van der Waals surface area contributed by atoms with Crippen LogP contribution in [-0.4, -0.2) is 11.7 Å². The molecule has 0 spiro atoms. The van der Waals surface area contributed by atoms with Crippen LogP contribution >= 0.6 is 11.8 Å². The molecule has 2 rings (SSSR count). The summed E-state index contributed by atoms with van der Waals surface area (Å²) in [6.45, 7) is 3.91. The lowest BCUT2D eigenvalue weighted by molar-refractivity contribution is -0.137. The van der Waals surface area contributed by atoms with Crippen LogP contribution < -0.4 is 5.32 Å². The SMILES string of the molecule is CCc1cccc(C)c1NC(=O)CSc1cccc(C(F)(F)F)c1. The van der Waals surface area contributed by atoms with Crippen LogP contribution in [0.15, 0.2) is 47.4 Å². The third kappa shape index (κ3) is 4.77. The minimum Gasteiger partial charge on any atom is -0.325 e. The lowest BCUT2D eigenvalue weighted by Crippen LogP contribution is -2.16. The second-order valence-corrected chi connectivity index (χ2v) is 6.37. The number of alkyl halides is 3. The number of benzene rings is 2. The van der Waals surface area contributed by atoms with Crippen LogP contribution in [0.3, 0.4) is 0 Å². The average molecular weight is 353 g/mol. The maximum Gasteiger partial charge on any atom is 0.416 e. The first kappa shape index (κ1) is 18.4. The number of thioether (sulfide) groups is 1. The third-order valence-electron chi connectivity index (χ3n) is 3.54. The first-order chi connectivity index (χ1) is 11.3. The molecule has 0 bridgehead atoms. The number of carbonyl (C=O) groups excluding carboxylic acids is 1. The largest absolute Gasteiger partial charge is 0.416 e. The molecule has 1 amide bonds. The van der Waals surface area contributed by atoms with E-state index in [0.717, 1.165) is 47.1 Å². The molecule has 1 N–H and O–H groups in total. The van der Waals surface area contributed by atoms with Gasteiger partial charge in [-0.2, -0.15) is 13.2 Å². The monoisotopic (exact) mass is 353 g/mol. The molecule has 0 aliphatic rings. The maximum atomic E-state index is 12.7. The number of rotatable bonds is 5. The Hall–Kier alpha value is -1.95. The summed E-state index contributed by atoms with van der Waals surface area (Å²) in [5, 5.41) is 2.86. The van der Waals surface area contributed by atoms with Crippen molar-refractivity contribution in [2.75, 3.05) is 11.1 Å². The van der Waals surface area contributed by atoms with E-state index in [4.69, 9.17) is 0 Å². The van der Waals surface area contributed by atoms with Crippen LogP contribution in [-0.2, 0) is 17.4 Å². The van der Waals surface area contributed by atoms with E-state index >= 15 is 0 Å². The summed E-state index contributed by atoms with van der Waals surface area (Å²) in [7, 11) is 0. The minimum absolute atomic E-state index is 0.0544. The molecule has 24 heavy (non-hydrogen) atoms. The number of amides is 1. The highest BCUT2D eigenvalue weighted by atomic mass is 32.2. The predicted octanol–water partition coefficient (Wildman–Crippen LogP) is 5.31. The number of carbonyl (C=O) groups is 1. The van der Waals surface area contributed by atoms with Crippen molar-refractivity contribution < 1.29 is 18.0 Å². The molecule has 2 nitrogen and oxygen atoms in total. The molecule has 0 unspecified atom stereocenters. The summed E-state index contributed by atoms with van der Waals surface area (Å²) >= 11 is 1.09. The van der Waals surface area contributed by atoms with Crippen LogP contribution in [0.4, 0.5) is 18.9 Å². The summed E-state index contributed by atoms with van der Waals surface area (Å²) < 4.78 is 38.1. The molecule has 0 fully saturated rings. The van der Waals surface area contributed by atoms with Crippen molar-refractivity contribution >= 4 is 23.4 Å². The normalized spacial score (nSPS) is 11.4. The third-order valence-corrected chi connectivity index (χ3v) is 4.53. The summed E-state index contributed by atoms with van der Waals surface area (Å²) in [5.41, 5.74) is 2.08. The molecular weight excluding hydrogens is 335 g/mol. The molecule has 0 aliphatic heterocycles. The number of hydrogen-bond donors (Lipinski definition) is 1. The van der Waals surface area contributed by atoms with Crippen molar-refractivity contribution in [1.29, 1.82) is 0 Å². The molecule has 0 atom stereocenters. The van der Waals surface area contributed by atoms with Gasteiger partial charge in [0.2, 0.25) is 5.91 Å². The van der Waals surface area contributed by atoms with Gasteiger partial charge in [0, 0.05) is 10.6 Å². The minimum atomic E-state index is -4.38. The van der Waals surface area contributed by atoms with Crippen LogP contribution in [0.25, 0.3) is 0 Å².